The van der Waals surface area contributed by atoms with E-state index in [0.29, 0.717) is 12.1 Å². The van der Waals surface area contributed by atoms with Gasteiger partial charge in [0.15, 0.2) is 0 Å². The normalized spacial score (nSPS) is 15.6. The Hall–Kier alpha value is -3.22. The summed E-state index contributed by atoms with van der Waals surface area (Å²) >= 11 is 0. The average Bonchev–Trinajstić information content (AvgIpc) is 3.00. The molecule has 1 heterocycles. The van der Waals surface area contributed by atoms with Gasteiger partial charge in [0.25, 0.3) is 11.6 Å². The summed E-state index contributed by atoms with van der Waals surface area (Å²) < 4.78 is 4.83. The molecule has 0 saturated heterocycles. The molecule has 0 aromatic heterocycles. The molecule has 1 amide bonds. The molecule has 1 aliphatic heterocycles. The molecular weight excluding hydrogens is 324 g/mol. The topological polar surface area (TPSA) is 89.8 Å². The Kier molecular flexibility index (Phi) is 4.22. The van der Waals surface area contributed by atoms with E-state index in [4.69, 9.17) is 4.74 Å². The third kappa shape index (κ3) is 2.73. The predicted molar refractivity (Wildman–Crippen MR) is 90.6 cm³/mol. The Labute approximate surface area is 144 Å². The van der Waals surface area contributed by atoms with Gasteiger partial charge in [-0.05, 0) is 24.6 Å². The number of nitrogens with zero attached hydrogens (tertiary/aromatic N) is 2. The lowest BCUT2D eigenvalue weighted by atomic mass is 10.0. The van der Waals surface area contributed by atoms with E-state index in [0.717, 1.165) is 5.56 Å². The quantitative estimate of drug-likeness (QED) is 0.487. The highest BCUT2D eigenvalue weighted by Gasteiger charge is 2.40. The maximum atomic E-state index is 13.1. The predicted octanol–water partition coefficient (Wildman–Crippen LogP) is 2.65. The Morgan fingerprint density at radius 2 is 1.92 bits per heavy atom. The van der Waals surface area contributed by atoms with Crippen molar-refractivity contribution in [1.29, 1.82) is 0 Å². The van der Waals surface area contributed by atoms with E-state index in [1.165, 1.54) is 37.1 Å². The molecule has 128 valence electrons. The lowest BCUT2D eigenvalue weighted by Crippen LogP contribution is -2.43. The first-order valence-electron chi connectivity index (χ1n) is 7.69. The smallest absolute Gasteiger partial charge is 0.329 e. The number of nitro benzene ring substituents is 1. The van der Waals surface area contributed by atoms with Gasteiger partial charge in [-0.2, -0.15) is 0 Å². The van der Waals surface area contributed by atoms with Crippen LogP contribution >= 0.6 is 0 Å². The number of hydrogen-bond donors (Lipinski definition) is 0. The summed E-state index contributed by atoms with van der Waals surface area (Å²) in [5.41, 5.74) is 1.81. The molecule has 0 saturated carbocycles. The van der Waals surface area contributed by atoms with Crippen molar-refractivity contribution in [2.45, 2.75) is 19.4 Å². The van der Waals surface area contributed by atoms with Crippen LogP contribution in [0.3, 0.4) is 0 Å². The van der Waals surface area contributed by atoms with Crippen LogP contribution in [0.25, 0.3) is 0 Å². The van der Waals surface area contributed by atoms with Gasteiger partial charge in [-0.25, -0.2) is 4.79 Å². The van der Waals surface area contributed by atoms with E-state index < -0.39 is 22.8 Å². The summed E-state index contributed by atoms with van der Waals surface area (Å²) in [7, 11) is 1.27. The van der Waals surface area contributed by atoms with Crippen molar-refractivity contribution in [2.24, 2.45) is 0 Å². The van der Waals surface area contributed by atoms with Gasteiger partial charge < -0.3 is 4.74 Å². The number of nitro groups is 1. The summed E-state index contributed by atoms with van der Waals surface area (Å²) in [6.07, 6.45) is 0.350. The highest BCUT2D eigenvalue weighted by Crippen LogP contribution is 2.35. The summed E-state index contributed by atoms with van der Waals surface area (Å²) in [4.78, 5) is 37.3. The van der Waals surface area contributed by atoms with E-state index >= 15 is 0 Å². The van der Waals surface area contributed by atoms with Crippen LogP contribution < -0.4 is 4.90 Å². The number of fused-ring (bicyclic) bond motifs is 1. The molecule has 1 atom stereocenters. The summed E-state index contributed by atoms with van der Waals surface area (Å²) in [5.74, 6) is -0.978. The monoisotopic (exact) mass is 340 g/mol. The molecule has 2 aromatic carbocycles. The fraction of sp³-hybridized carbons (Fsp3) is 0.222. The van der Waals surface area contributed by atoms with Crippen molar-refractivity contribution in [3.05, 3.63) is 69.3 Å². The summed E-state index contributed by atoms with van der Waals surface area (Å²) in [6, 6.07) is 10.8. The van der Waals surface area contributed by atoms with Gasteiger partial charge in [0, 0.05) is 29.3 Å². The van der Waals surface area contributed by atoms with Gasteiger partial charge in [-0.15, -0.1) is 0 Å². The van der Waals surface area contributed by atoms with Crippen LogP contribution in [0.5, 0.6) is 0 Å². The number of carbonyl (C=O) groups excluding carboxylic acids is 2. The SMILES string of the molecule is COC(=O)[C@@H]1Cc2ccccc2N1C(=O)c1cccc([N+](=O)[O-])c1C. The van der Waals surface area contributed by atoms with Crippen LogP contribution in [0.15, 0.2) is 42.5 Å². The zero-order valence-corrected chi connectivity index (χ0v) is 13.8. The van der Waals surface area contributed by atoms with Gasteiger partial charge in [0.05, 0.1) is 12.0 Å². The van der Waals surface area contributed by atoms with Gasteiger partial charge >= 0.3 is 5.97 Å². The molecule has 3 rings (SSSR count). The van der Waals surface area contributed by atoms with Gasteiger partial charge in [0.2, 0.25) is 0 Å². The molecule has 2 aromatic rings. The second kappa shape index (κ2) is 6.35. The van der Waals surface area contributed by atoms with Gasteiger partial charge in [-0.1, -0.05) is 24.3 Å². The van der Waals surface area contributed by atoms with Crippen LogP contribution in [-0.4, -0.2) is 30.0 Å². The van der Waals surface area contributed by atoms with Crippen molar-refractivity contribution in [3.63, 3.8) is 0 Å². The molecule has 7 nitrogen and oxygen atoms in total. The number of benzene rings is 2. The number of rotatable bonds is 3. The van der Waals surface area contributed by atoms with Crippen molar-refractivity contribution in [1.82, 2.24) is 0 Å². The zero-order valence-electron chi connectivity index (χ0n) is 13.8. The number of hydrogen-bond acceptors (Lipinski definition) is 5. The second-order valence-corrected chi connectivity index (χ2v) is 5.75. The van der Waals surface area contributed by atoms with Crippen LogP contribution in [-0.2, 0) is 16.0 Å². The highest BCUT2D eigenvalue weighted by atomic mass is 16.6. The second-order valence-electron chi connectivity index (χ2n) is 5.75. The largest absolute Gasteiger partial charge is 0.467 e. The molecule has 0 radical (unpaired) electrons. The minimum absolute atomic E-state index is 0.132. The lowest BCUT2D eigenvalue weighted by molar-refractivity contribution is -0.385. The van der Waals surface area contributed by atoms with Crippen molar-refractivity contribution in [3.8, 4) is 0 Å². The van der Waals surface area contributed by atoms with Crippen LogP contribution in [0.2, 0.25) is 0 Å². The third-order valence-electron chi connectivity index (χ3n) is 4.40. The van der Waals surface area contributed by atoms with Crippen molar-refractivity contribution >= 4 is 23.3 Å². The maximum Gasteiger partial charge on any atom is 0.329 e. The van der Waals surface area contributed by atoms with E-state index in [2.05, 4.69) is 0 Å². The minimum Gasteiger partial charge on any atom is -0.467 e. The number of ether oxygens (including phenoxy) is 1. The minimum atomic E-state index is -0.784. The molecule has 0 N–H and O–H groups in total. The first kappa shape index (κ1) is 16.6. The molecule has 0 fully saturated rings. The molecule has 0 spiro atoms. The fourth-order valence-corrected chi connectivity index (χ4v) is 3.14. The number of carbonyl (C=O) groups is 2. The lowest BCUT2D eigenvalue weighted by Gasteiger charge is -2.24. The molecular formula is C18H16N2O5. The molecule has 0 unspecified atom stereocenters. The van der Waals surface area contributed by atoms with Crippen LogP contribution in [0.4, 0.5) is 11.4 Å². The molecule has 0 bridgehead atoms. The standard InChI is InChI=1S/C18H16N2O5/c1-11-13(7-5-9-14(11)20(23)24)17(21)19-15-8-4-3-6-12(15)10-16(19)18(22)25-2/h3-9,16H,10H2,1-2H3/t16-/m0/s1. The van der Waals surface area contributed by atoms with E-state index in [-0.39, 0.29) is 16.8 Å². The first-order valence-corrected chi connectivity index (χ1v) is 7.69. The van der Waals surface area contributed by atoms with E-state index in [9.17, 15) is 19.7 Å². The molecule has 0 aliphatic carbocycles. The Morgan fingerprint density at radius 1 is 1.20 bits per heavy atom. The fourth-order valence-electron chi connectivity index (χ4n) is 3.14. The summed E-state index contributed by atoms with van der Waals surface area (Å²) in [6.45, 7) is 1.53. The molecule has 1 aliphatic rings. The molecule has 7 heteroatoms. The van der Waals surface area contributed by atoms with Crippen molar-refractivity contribution < 1.29 is 19.2 Å². The number of esters is 1. The van der Waals surface area contributed by atoms with Gasteiger partial charge in [0.1, 0.15) is 6.04 Å². The van der Waals surface area contributed by atoms with Crippen LogP contribution in [0.1, 0.15) is 21.5 Å². The molecule has 25 heavy (non-hydrogen) atoms. The Bertz CT molecular complexity index is 878. The highest BCUT2D eigenvalue weighted by molar-refractivity contribution is 6.12. The van der Waals surface area contributed by atoms with Gasteiger partial charge in [-0.3, -0.25) is 19.8 Å². The van der Waals surface area contributed by atoms with E-state index in [1.807, 2.05) is 12.1 Å². The van der Waals surface area contributed by atoms with Crippen molar-refractivity contribution in [2.75, 3.05) is 12.0 Å². The zero-order chi connectivity index (χ0) is 18.1. The first-order chi connectivity index (χ1) is 12.0. The number of amides is 1. The number of methoxy groups -OCH3 is 1. The number of anilines is 1. The third-order valence-corrected chi connectivity index (χ3v) is 4.40. The Balaban J connectivity index is 2.09. The van der Waals surface area contributed by atoms with Crippen LogP contribution in [0, 0.1) is 17.0 Å². The van der Waals surface area contributed by atoms with E-state index in [1.54, 1.807) is 12.1 Å². The average molecular weight is 340 g/mol. The summed E-state index contributed by atoms with van der Waals surface area (Å²) in [5, 5.41) is 11.1. The Morgan fingerprint density at radius 3 is 2.60 bits per heavy atom. The number of para-hydroxylation sites is 1. The maximum absolute atomic E-state index is 13.1.